The molecule has 1 aromatic carbocycles. The van der Waals surface area contributed by atoms with Gasteiger partial charge in [0.15, 0.2) is 0 Å². The Bertz CT molecular complexity index is 664. The lowest BCUT2D eigenvalue weighted by Crippen LogP contribution is -2.35. The van der Waals surface area contributed by atoms with Crippen LogP contribution in [-0.4, -0.2) is 36.6 Å². The normalized spacial score (nSPS) is 14.3. The average molecular weight is 332 g/mol. The Labute approximate surface area is 143 Å². The van der Waals surface area contributed by atoms with Crippen molar-refractivity contribution in [1.29, 1.82) is 5.41 Å². The van der Waals surface area contributed by atoms with Crippen LogP contribution >= 0.6 is 0 Å². The van der Waals surface area contributed by atoms with Gasteiger partial charge in [-0.15, -0.1) is 0 Å². The summed E-state index contributed by atoms with van der Waals surface area (Å²) in [5.74, 6) is 1.70. The minimum atomic E-state index is -0.570. The summed E-state index contributed by atoms with van der Waals surface area (Å²) >= 11 is 0. The molecule has 1 aromatic heterocycles. The maximum absolute atomic E-state index is 10.00. The highest BCUT2D eigenvalue weighted by Crippen LogP contribution is 2.33. The molecule has 0 saturated carbocycles. The molecule has 0 aliphatic carbocycles. The van der Waals surface area contributed by atoms with E-state index in [4.69, 9.17) is 14.6 Å². The summed E-state index contributed by atoms with van der Waals surface area (Å²) in [5, 5.41) is 21.7. The van der Waals surface area contributed by atoms with Crippen molar-refractivity contribution in [1.82, 2.24) is 5.32 Å². The van der Waals surface area contributed by atoms with Gasteiger partial charge < -0.3 is 25.0 Å². The van der Waals surface area contributed by atoms with Crippen LogP contribution in [0, 0.1) is 11.3 Å². The van der Waals surface area contributed by atoms with E-state index in [1.54, 1.807) is 0 Å². The zero-order chi connectivity index (χ0) is 17.7. The standard InChI is InChI=1S/C19H28N2O3/c1-12(2)16(9-20)19-8-15-17(6-5-7-18(15)24-19)23-11-14(22)10-21-13(3)4/h5-9,12-14,16,20-22H,10-11H2,1-4H3. The largest absolute Gasteiger partial charge is 0.490 e. The molecule has 3 N–H and O–H groups in total. The van der Waals surface area contributed by atoms with Crippen LogP contribution in [0.4, 0.5) is 0 Å². The summed E-state index contributed by atoms with van der Waals surface area (Å²) in [5.41, 5.74) is 0.741. The molecular weight excluding hydrogens is 304 g/mol. The molecular formula is C19H28N2O3. The third-order valence-corrected chi connectivity index (χ3v) is 3.96. The first-order chi connectivity index (χ1) is 11.4. The summed E-state index contributed by atoms with van der Waals surface area (Å²) in [4.78, 5) is 0. The number of fused-ring (bicyclic) bond motifs is 1. The Morgan fingerprint density at radius 1 is 1.29 bits per heavy atom. The van der Waals surface area contributed by atoms with Crippen LogP contribution < -0.4 is 10.1 Å². The molecule has 0 fully saturated rings. The van der Waals surface area contributed by atoms with Gasteiger partial charge in [0.05, 0.1) is 11.3 Å². The van der Waals surface area contributed by atoms with E-state index in [2.05, 4.69) is 19.2 Å². The van der Waals surface area contributed by atoms with E-state index in [0.717, 1.165) is 16.7 Å². The van der Waals surface area contributed by atoms with E-state index in [1.165, 1.54) is 6.21 Å². The molecule has 2 unspecified atom stereocenters. The van der Waals surface area contributed by atoms with Crippen molar-refractivity contribution in [2.75, 3.05) is 13.2 Å². The first kappa shape index (κ1) is 18.5. The predicted octanol–water partition coefficient (Wildman–Crippen LogP) is 3.56. The van der Waals surface area contributed by atoms with Crippen molar-refractivity contribution in [3.05, 3.63) is 30.0 Å². The molecule has 0 spiro atoms. The van der Waals surface area contributed by atoms with Gasteiger partial charge in [-0.2, -0.15) is 0 Å². The molecule has 132 valence electrons. The Kier molecular flexibility index (Phi) is 6.40. The topological polar surface area (TPSA) is 78.5 Å². The summed E-state index contributed by atoms with van der Waals surface area (Å²) < 4.78 is 11.7. The van der Waals surface area contributed by atoms with Crippen molar-refractivity contribution in [3.8, 4) is 5.75 Å². The predicted molar refractivity (Wildman–Crippen MR) is 97.2 cm³/mol. The number of aliphatic hydroxyl groups excluding tert-OH is 1. The Morgan fingerprint density at radius 2 is 2.04 bits per heavy atom. The molecule has 2 atom stereocenters. The molecule has 0 aliphatic heterocycles. The fraction of sp³-hybridized carbons (Fsp3) is 0.526. The van der Waals surface area contributed by atoms with Crippen LogP contribution in [0.5, 0.6) is 5.75 Å². The Balaban J connectivity index is 2.13. The second-order valence-corrected chi connectivity index (χ2v) is 6.78. The van der Waals surface area contributed by atoms with Gasteiger partial charge in [-0.25, -0.2) is 0 Å². The average Bonchev–Trinajstić information content (AvgIpc) is 2.95. The first-order valence-electron chi connectivity index (χ1n) is 8.49. The number of rotatable bonds is 9. The molecule has 1 heterocycles. The number of hydrogen-bond acceptors (Lipinski definition) is 5. The van der Waals surface area contributed by atoms with Crippen LogP contribution in [0.25, 0.3) is 11.0 Å². The first-order valence-corrected chi connectivity index (χ1v) is 8.49. The number of aliphatic hydroxyl groups is 1. The lowest BCUT2D eigenvalue weighted by Gasteiger charge is -2.15. The molecule has 5 nitrogen and oxygen atoms in total. The van der Waals surface area contributed by atoms with Gasteiger partial charge in [-0.3, -0.25) is 0 Å². The quantitative estimate of drug-likeness (QED) is 0.614. The fourth-order valence-electron chi connectivity index (χ4n) is 2.56. The van der Waals surface area contributed by atoms with Crippen LogP contribution in [0.2, 0.25) is 0 Å². The van der Waals surface area contributed by atoms with E-state index in [-0.39, 0.29) is 18.4 Å². The minimum Gasteiger partial charge on any atom is -0.490 e. The number of ether oxygens (including phenoxy) is 1. The van der Waals surface area contributed by atoms with Gasteiger partial charge >= 0.3 is 0 Å². The molecule has 0 saturated heterocycles. The van der Waals surface area contributed by atoms with E-state index in [1.807, 2.05) is 38.1 Å². The van der Waals surface area contributed by atoms with Gasteiger partial charge in [-0.05, 0) is 24.1 Å². The van der Waals surface area contributed by atoms with Gasteiger partial charge in [0.1, 0.15) is 29.8 Å². The van der Waals surface area contributed by atoms with E-state index >= 15 is 0 Å². The highest BCUT2D eigenvalue weighted by atomic mass is 16.5. The summed E-state index contributed by atoms with van der Waals surface area (Å²) in [6.07, 6.45) is 0.851. The van der Waals surface area contributed by atoms with E-state index in [9.17, 15) is 5.11 Å². The molecule has 0 bridgehead atoms. The Morgan fingerprint density at radius 3 is 2.67 bits per heavy atom. The van der Waals surface area contributed by atoms with Crippen molar-refractivity contribution in [2.24, 2.45) is 5.92 Å². The van der Waals surface area contributed by atoms with Crippen LogP contribution in [0.3, 0.4) is 0 Å². The molecule has 2 rings (SSSR count). The van der Waals surface area contributed by atoms with Crippen LogP contribution in [0.1, 0.15) is 39.4 Å². The molecule has 2 aromatic rings. The molecule has 5 heteroatoms. The van der Waals surface area contributed by atoms with Crippen LogP contribution in [-0.2, 0) is 0 Å². The highest BCUT2D eigenvalue weighted by Gasteiger charge is 2.19. The fourth-order valence-corrected chi connectivity index (χ4v) is 2.56. The summed E-state index contributed by atoms with van der Waals surface area (Å²) in [6.45, 7) is 8.92. The van der Waals surface area contributed by atoms with Crippen molar-refractivity contribution in [2.45, 2.75) is 45.8 Å². The van der Waals surface area contributed by atoms with Gasteiger partial charge in [0, 0.05) is 18.8 Å². The summed E-state index contributed by atoms with van der Waals surface area (Å²) in [7, 11) is 0. The van der Waals surface area contributed by atoms with Crippen molar-refractivity contribution < 1.29 is 14.3 Å². The van der Waals surface area contributed by atoms with E-state index in [0.29, 0.717) is 18.3 Å². The highest BCUT2D eigenvalue weighted by molar-refractivity contribution is 5.85. The molecule has 24 heavy (non-hydrogen) atoms. The second kappa shape index (κ2) is 8.31. The third kappa shape index (κ3) is 4.58. The minimum absolute atomic E-state index is 0.0499. The lowest BCUT2D eigenvalue weighted by atomic mass is 9.94. The van der Waals surface area contributed by atoms with Crippen molar-refractivity contribution in [3.63, 3.8) is 0 Å². The molecule has 0 radical (unpaired) electrons. The smallest absolute Gasteiger partial charge is 0.138 e. The van der Waals surface area contributed by atoms with Crippen LogP contribution in [0.15, 0.2) is 28.7 Å². The zero-order valence-electron chi connectivity index (χ0n) is 14.9. The van der Waals surface area contributed by atoms with Gasteiger partial charge in [-0.1, -0.05) is 33.8 Å². The monoisotopic (exact) mass is 332 g/mol. The number of hydrogen-bond donors (Lipinski definition) is 3. The number of nitrogens with one attached hydrogen (secondary N) is 2. The lowest BCUT2D eigenvalue weighted by molar-refractivity contribution is 0.105. The molecule has 0 amide bonds. The Hall–Kier alpha value is -1.85. The number of benzene rings is 1. The molecule has 0 aliphatic rings. The number of furan rings is 1. The maximum atomic E-state index is 10.00. The van der Waals surface area contributed by atoms with Crippen molar-refractivity contribution >= 4 is 17.2 Å². The second-order valence-electron chi connectivity index (χ2n) is 6.78. The van der Waals surface area contributed by atoms with Gasteiger partial charge in [0.25, 0.3) is 0 Å². The van der Waals surface area contributed by atoms with E-state index < -0.39 is 6.10 Å². The maximum Gasteiger partial charge on any atom is 0.138 e. The SMILES string of the molecule is CC(C)NCC(O)COc1cccc2oc(C(C=N)C(C)C)cc12. The zero-order valence-corrected chi connectivity index (χ0v) is 14.9. The third-order valence-electron chi connectivity index (χ3n) is 3.96. The van der Waals surface area contributed by atoms with Gasteiger partial charge in [0.2, 0.25) is 0 Å². The summed E-state index contributed by atoms with van der Waals surface area (Å²) in [6, 6.07) is 7.91.